The fraction of sp³-hybridized carbons (Fsp3) is 0.904. The Hall–Kier alpha value is -2.11. The number of carbonyl (C=O) groups excluding carboxylic acids is 3. The second-order valence-electron chi connectivity index (χ2n) is 24.5. The molecule has 6 nitrogen and oxygen atoms in total. The number of rotatable bonds is 67. The molecule has 0 saturated heterocycles. The Kier molecular flexibility index (Phi) is 66.6. The van der Waals surface area contributed by atoms with E-state index in [1.165, 1.54) is 302 Å². The summed E-state index contributed by atoms with van der Waals surface area (Å²) < 4.78 is 17.0. The van der Waals surface area contributed by atoms with Gasteiger partial charge in [0.1, 0.15) is 13.2 Å². The molecule has 0 aliphatic rings. The van der Waals surface area contributed by atoms with Crippen LogP contribution in [0.15, 0.2) is 24.3 Å². The van der Waals surface area contributed by atoms with Crippen LogP contribution in [0, 0.1) is 0 Å². The molecule has 0 amide bonds. The van der Waals surface area contributed by atoms with Crippen molar-refractivity contribution in [1.29, 1.82) is 0 Å². The maximum atomic E-state index is 12.9. The third-order valence-corrected chi connectivity index (χ3v) is 16.5. The van der Waals surface area contributed by atoms with E-state index in [0.717, 1.165) is 64.2 Å². The summed E-state index contributed by atoms with van der Waals surface area (Å²) in [4.78, 5) is 38.3. The molecule has 0 bridgehead atoms. The highest BCUT2D eigenvalue weighted by molar-refractivity contribution is 5.71. The van der Waals surface area contributed by atoms with Gasteiger partial charge in [0.25, 0.3) is 0 Å². The first-order valence-electron chi connectivity index (χ1n) is 35.8. The van der Waals surface area contributed by atoms with Crippen LogP contribution in [-0.2, 0) is 28.6 Å². The molecule has 0 heterocycles. The van der Waals surface area contributed by atoms with Crippen LogP contribution in [0.3, 0.4) is 0 Å². The van der Waals surface area contributed by atoms with Crippen LogP contribution < -0.4 is 0 Å². The Bertz CT molecular complexity index is 1270. The maximum Gasteiger partial charge on any atom is 0.306 e. The van der Waals surface area contributed by atoms with E-state index in [1.54, 1.807) is 0 Å². The van der Waals surface area contributed by atoms with Gasteiger partial charge in [-0.3, -0.25) is 14.4 Å². The number of hydrogen-bond donors (Lipinski definition) is 0. The first-order valence-corrected chi connectivity index (χ1v) is 35.8. The van der Waals surface area contributed by atoms with Crippen molar-refractivity contribution in [3.05, 3.63) is 24.3 Å². The van der Waals surface area contributed by atoms with Gasteiger partial charge in [0.05, 0.1) is 0 Å². The lowest BCUT2D eigenvalue weighted by Gasteiger charge is -2.18. The van der Waals surface area contributed by atoms with Crippen molar-refractivity contribution in [2.24, 2.45) is 0 Å². The number of unbranched alkanes of at least 4 members (excludes halogenated alkanes) is 52. The summed E-state index contributed by atoms with van der Waals surface area (Å²) in [7, 11) is 0. The van der Waals surface area contributed by atoms with Crippen LogP contribution in [0.25, 0.3) is 0 Å². The molecule has 0 fully saturated rings. The summed E-state index contributed by atoms with van der Waals surface area (Å²) in [6, 6.07) is 0. The van der Waals surface area contributed by atoms with Gasteiger partial charge >= 0.3 is 17.9 Å². The van der Waals surface area contributed by atoms with E-state index in [1.807, 2.05) is 0 Å². The van der Waals surface area contributed by atoms with Gasteiger partial charge in [0.2, 0.25) is 0 Å². The predicted octanol–water partition coefficient (Wildman–Crippen LogP) is 24.6. The summed E-state index contributed by atoms with van der Waals surface area (Å²) in [6.07, 6.45) is 83.7. The zero-order valence-electron chi connectivity index (χ0n) is 53.7. The van der Waals surface area contributed by atoms with Crippen molar-refractivity contribution in [3.63, 3.8) is 0 Å². The minimum absolute atomic E-state index is 0.0647. The molecule has 0 aromatic rings. The first-order chi connectivity index (χ1) is 39.0. The van der Waals surface area contributed by atoms with E-state index in [0.29, 0.717) is 19.3 Å². The van der Waals surface area contributed by atoms with Crippen molar-refractivity contribution in [2.75, 3.05) is 13.2 Å². The fourth-order valence-corrected chi connectivity index (χ4v) is 11.1. The lowest BCUT2D eigenvalue weighted by atomic mass is 10.0. The average molecular weight is 1110 g/mol. The van der Waals surface area contributed by atoms with Gasteiger partial charge in [0.15, 0.2) is 6.10 Å². The van der Waals surface area contributed by atoms with Gasteiger partial charge < -0.3 is 14.2 Å². The van der Waals surface area contributed by atoms with Gasteiger partial charge in [-0.05, 0) is 51.4 Å². The summed E-state index contributed by atoms with van der Waals surface area (Å²) in [6.45, 7) is 6.70. The highest BCUT2D eigenvalue weighted by atomic mass is 16.6. The number of allylic oxidation sites excluding steroid dienone is 4. The van der Waals surface area contributed by atoms with E-state index >= 15 is 0 Å². The number of hydrogen-bond acceptors (Lipinski definition) is 6. The fourth-order valence-electron chi connectivity index (χ4n) is 11.1. The van der Waals surface area contributed by atoms with Gasteiger partial charge in [0, 0.05) is 19.3 Å². The van der Waals surface area contributed by atoms with Crippen LogP contribution in [0.2, 0.25) is 0 Å². The van der Waals surface area contributed by atoms with Crippen LogP contribution in [0.5, 0.6) is 0 Å². The molecule has 0 saturated carbocycles. The monoisotopic (exact) mass is 1110 g/mol. The maximum absolute atomic E-state index is 12.9. The number of ether oxygens (including phenoxy) is 3. The third kappa shape index (κ3) is 66.6. The van der Waals surface area contributed by atoms with Crippen molar-refractivity contribution in [3.8, 4) is 0 Å². The van der Waals surface area contributed by atoms with E-state index < -0.39 is 6.10 Å². The second-order valence-corrected chi connectivity index (χ2v) is 24.5. The SMILES string of the molecule is CCCCCCC/C=C\C/C=C\CCCCCCCCCCCCCCCC(=O)OC(COC(=O)CCCCCCCCCCCC)COC(=O)CCCCCCCCCCCCCCCCCCCCCCCCCCCC. The molecule has 0 N–H and O–H groups in total. The molecule has 6 heteroatoms. The molecule has 0 aromatic heterocycles. The van der Waals surface area contributed by atoms with Gasteiger partial charge in [-0.1, -0.05) is 360 Å². The molecule has 0 aliphatic carbocycles. The average Bonchev–Trinajstić information content (AvgIpc) is 3.45. The van der Waals surface area contributed by atoms with Crippen LogP contribution >= 0.6 is 0 Å². The van der Waals surface area contributed by atoms with Gasteiger partial charge in [-0.15, -0.1) is 0 Å². The van der Waals surface area contributed by atoms with Gasteiger partial charge in [-0.2, -0.15) is 0 Å². The predicted molar refractivity (Wildman–Crippen MR) is 344 cm³/mol. The van der Waals surface area contributed by atoms with E-state index in [4.69, 9.17) is 14.2 Å². The molecule has 0 aromatic carbocycles. The smallest absolute Gasteiger partial charge is 0.306 e. The Balaban J connectivity index is 4.13. The Morgan fingerprint density at radius 1 is 0.253 bits per heavy atom. The Labute approximate surface area is 493 Å². The zero-order valence-corrected chi connectivity index (χ0v) is 53.7. The minimum atomic E-state index is -0.767. The molecule has 1 atom stereocenters. The summed E-state index contributed by atoms with van der Waals surface area (Å²) in [5, 5.41) is 0. The van der Waals surface area contributed by atoms with Crippen molar-refractivity contribution in [2.45, 2.75) is 412 Å². The summed E-state index contributed by atoms with van der Waals surface area (Å²) >= 11 is 0. The Morgan fingerprint density at radius 3 is 0.696 bits per heavy atom. The molecule has 79 heavy (non-hydrogen) atoms. The molecular formula is C73H138O6. The largest absolute Gasteiger partial charge is 0.462 e. The zero-order chi connectivity index (χ0) is 57.1. The van der Waals surface area contributed by atoms with Crippen molar-refractivity contribution >= 4 is 17.9 Å². The molecule has 0 rings (SSSR count). The van der Waals surface area contributed by atoms with E-state index in [2.05, 4.69) is 45.1 Å². The van der Waals surface area contributed by atoms with Crippen LogP contribution in [-0.4, -0.2) is 37.2 Å². The van der Waals surface area contributed by atoms with Crippen LogP contribution in [0.1, 0.15) is 406 Å². The highest BCUT2D eigenvalue weighted by Crippen LogP contribution is 2.19. The topological polar surface area (TPSA) is 78.9 Å². The molecular weight excluding hydrogens is 973 g/mol. The second kappa shape index (κ2) is 68.4. The Morgan fingerprint density at radius 2 is 0.456 bits per heavy atom. The number of esters is 3. The van der Waals surface area contributed by atoms with Gasteiger partial charge in [-0.25, -0.2) is 0 Å². The summed E-state index contributed by atoms with van der Waals surface area (Å²) in [5.74, 6) is -0.836. The standard InChI is InChI=1S/C73H138O6/c1-4-7-10-13-16-19-22-24-26-28-30-32-34-36-38-39-41-43-45-47-49-51-54-57-60-63-66-72(75)78-69-70(68-77-71(74)65-62-59-56-53-21-18-15-12-9-6-3)79-73(76)67-64-61-58-55-52-50-48-46-44-42-40-37-35-33-31-29-27-25-23-20-17-14-11-8-5-2/h23,25,29,31,70H,4-22,24,26-28,30,32-69H2,1-3H3/b25-23-,31-29-. The lowest BCUT2D eigenvalue weighted by molar-refractivity contribution is -0.167. The molecule has 0 spiro atoms. The van der Waals surface area contributed by atoms with E-state index in [-0.39, 0.29) is 31.1 Å². The molecule has 466 valence electrons. The third-order valence-electron chi connectivity index (χ3n) is 16.5. The van der Waals surface area contributed by atoms with Crippen LogP contribution in [0.4, 0.5) is 0 Å². The van der Waals surface area contributed by atoms with E-state index in [9.17, 15) is 14.4 Å². The summed E-state index contributed by atoms with van der Waals surface area (Å²) in [5.41, 5.74) is 0. The van der Waals surface area contributed by atoms with Crippen molar-refractivity contribution in [1.82, 2.24) is 0 Å². The quantitative estimate of drug-likeness (QED) is 0.0261. The first kappa shape index (κ1) is 76.9. The molecule has 0 aliphatic heterocycles. The van der Waals surface area contributed by atoms with Crippen molar-refractivity contribution < 1.29 is 28.6 Å². The normalized spacial score (nSPS) is 12.1. The lowest BCUT2D eigenvalue weighted by Crippen LogP contribution is -2.30. The number of carbonyl (C=O) groups is 3. The molecule has 0 radical (unpaired) electrons. The minimum Gasteiger partial charge on any atom is -0.462 e. The molecule has 1 unspecified atom stereocenters. The highest BCUT2D eigenvalue weighted by Gasteiger charge is 2.19.